The van der Waals surface area contributed by atoms with Crippen LogP contribution in [0.2, 0.25) is 0 Å². The maximum Gasteiger partial charge on any atom is 0.182 e. The smallest absolute Gasteiger partial charge is 0.182 e. The third-order valence-corrected chi connectivity index (χ3v) is 3.11. The predicted octanol–water partition coefficient (Wildman–Crippen LogP) is 3.65. The van der Waals surface area contributed by atoms with Crippen molar-refractivity contribution < 1.29 is 4.42 Å². The highest BCUT2D eigenvalue weighted by atomic mass is 16.3. The topological polar surface area (TPSA) is 54.7 Å². The van der Waals surface area contributed by atoms with Gasteiger partial charge in [-0.25, -0.2) is 9.97 Å². The first-order valence-corrected chi connectivity index (χ1v) is 6.05. The van der Waals surface area contributed by atoms with Gasteiger partial charge in [-0.05, 0) is 12.5 Å². The van der Waals surface area contributed by atoms with Crippen LogP contribution in [0.1, 0.15) is 31.2 Å². The van der Waals surface area contributed by atoms with Crippen molar-refractivity contribution in [2.75, 3.05) is 0 Å². The second-order valence-corrected chi connectivity index (χ2v) is 4.80. The summed E-state index contributed by atoms with van der Waals surface area (Å²) in [7, 11) is 0. The quantitative estimate of drug-likeness (QED) is 0.745. The van der Waals surface area contributed by atoms with Crippen LogP contribution in [0.5, 0.6) is 0 Å². The highest BCUT2D eigenvalue weighted by molar-refractivity contribution is 5.91. The first-order chi connectivity index (χ1) is 8.66. The van der Waals surface area contributed by atoms with Crippen LogP contribution < -0.4 is 0 Å². The van der Waals surface area contributed by atoms with Gasteiger partial charge in [0.15, 0.2) is 12.0 Å². The lowest BCUT2D eigenvalue weighted by atomic mass is 10.1. The molecule has 1 N–H and O–H groups in total. The third-order valence-electron chi connectivity index (χ3n) is 3.11. The van der Waals surface area contributed by atoms with E-state index in [0.29, 0.717) is 5.92 Å². The highest BCUT2D eigenvalue weighted by Gasteiger charge is 2.12. The van der Waals surface area contributed by atoms with Crippen molar-refractivity contribution in [1.29, 1.82) is 0 Å². The molecule has 18 heavy (non-hydrogen) atoms. The van der Waals surface area contributed by atoms with E-state index in [1.807, 2.05) is 19.2 Å². The molecule has 4 nitrogen and oxygen atoms in total. The normalized spacial score (nSPS) is 11.6. The van der Waals surface area contributed by atoms with Crippen LogP contribution >= 0.6 is 0 Å². The summed E-state index contributed by atoms with van der Waals surface area (Å²) in [5.74, 6) is 1.37. The van der Waals surface area contributed by atoms with Gasteiger partial charge >= 0.3 is 0 Å². The van der Waals surface area contributed by atoms with Gasteiger partial charge in [0.25, 0.3) is 0 Å². The molecule has 0 spiro atoms. The van der Waals surface area contributed by atoms with Crippen LogP contribution in [0.3, 0.4) is 0 Å². The van der Waals surface area contributed by atoms with Crippen molar-refractivity contribution in [3.8, 4) is 11.3 Å². The largest absolute Gasteiger partial charge is 0.443 e. The van der Waals surface area contributed by atoms with Crippen molar-refractivity contribution in [1.82, 2.24) is 15.0 Å². The number of aryl methyl sites for hydroxylation is 1. The molecular weight excluding hydrogens is 226 g/mol. The molecule has 1 aromatic carbocycles. The number of benzene rings is 1. The average molecular weight is 241 g/mol. The van der Waals surface area contributed by atoms with Crippen LogP contribution in [-0.4, -0.2) is 15.0 Å². The predicted molar refractivity (Wildman–Crippen MR) is 70.4 cm³/mol. The number of nitrogens with one attached hydrogen (secondary N) is 1. The average Bonchev–Trinajstić information content (AvgIpc) is 2.98. The first-order valence-electron chi connectivity index (χ1n) is 6.05. The minimum atomic E-state index is 0.386. The van der Waals surface area contributed by atoms with Gasteiger partial charge in [-0.15, -0.1) is 0 Å². The Kier molecular flexibility index (Phi) is 2.44. The van der Waals surface area contributed by atoms with E-state index in [4.69, 9.17) is 4.42 Å². The molecule has 0 aliphatic carbocycles. The maximum absolute atomic E-state index is 5.42. The number of imidazole rings is 1. The number of aromatic amines is 1. The Balaban J connectivity index is 2.19. The fourth-order valence-electron chi connectivity index (χ4n) is 2.06. The number of oxazole rings is 1. The minimum absolute atomic E-state index is 0.386. The van der Waals surface area contributed by atoms with Gasteiger partial charge in [0.1, 0.15) is 11.3 Å². The van der Waals surface area contributed by atoms with E-state index in [-0.39, 0.29) is 0 Å². The van der Waals surface area contributed by atoms with E-state index < -0.39 is 0 Å². The van der Waals surface area contributed by atoms with Gasteiger partial charge in [-0.2, -0.15) is 0 Å². The Hall–Kier alpha value is -2.10. The van der Waals surface area contributed by atoms with Gasteiger partial charge in [-0.1, -0.05) is 26.0 Å². The Morgan fingerprint density at radius 1 is 1.22 bits per heavy atom. The van der Waals surface area contributed by atoms with Crippen LogP contribution in [0.15, 0.2) is 29.1 Å². The highest BCUT2D eigenvalue weighted by Crippen LogP contribution is 2.29. The molecule has 0 saturated heterocycles. The van der Waals surface area contributed by atoms with Gasteiger partial charge in [0.2, 0.25) is 0 Å². The number of aromatic nitrogens is 3. The summed E-state index contributed by atoms with van der Waals surface area (Å²) < 4.78 is 5.42. The Morgan fingerprint density at radius 2 is 2.06 bits per heavy atom. The molecule has 4 heteroatoms. The van der Waals surface area contributed by atoms with Crippen molar-refractivity contribution in [2.45, 2.75) is 26.7 Å². The number of hydrogen-bond acceptors (Lipinski definition) is 3. The Morgan fingerprint density at radius 3 is 2.78 bits per heavy atom. The summed E-state index contributed by atoms with van der Waals surface area (Å²) in [5.41, 5.74) is 4.83. The molecule has 0 radical (unpaired) electrons. The molecule has 3 rings (SSSR count). The zero-order valence-electron chi connectivity index (χ0n) is 10.7. The Labute approximate surface area is 105 Å². The van der Waals surface area contributed by atoms with E-state index in [2.05, 4.69) is 34.9 Å². The molecule has 92 valence electrons. The van der Waals surface area contributed by atoms with Crippen molar-refractivity contribution in [3.05, 3.63) is 36.1 Å². The standard InChI is InChI=1S/C14H15N3O/c1-8(2)14-15-6-11(17-14)10-5-4-9(3)13-12(10)16-7-18-13/h4-8H,1-3H3,(H,15,17). The monoisotopic (exact) mass is 241 g/mol. The molecule has 0 atom stereocenters. The molecule has 0 fully saturated rings. The molecule has 0 aliphatic rings. The first kappa shape index (κ1) is 11.0. The van der Waals surface area contributed by atoms with E-state index >= 15 is 0 Å². The summed E-state index contributed by atoms with van der Waals surface area (Å²) in [4.78, 5) is 12.0. The molecule has 2 heterocycles. The third kappa shape index (κ3) is 1.61. The maximum atomic E-state index is 5.42. The summed E-state index contributed by atoms with van der Waals surface area (Å²) in [6.07, 6.45) is 3.34. The van der Waals surface area contributed by atoms with E-state index in [0.717, 1.165) is 33.7 Å². The number of rotatable bonds is 2. The molecule has 0 saturated carbocycles. The summed E-state index contributed by atoms with van der Waals surface area (Å²) in [5, 5.41) is 0. The molecule has 3 aromatic rings. The molecule has 0 unspecified atom stereocenters. The zero-order chi connectivity index (χ0) is 12.7. The van der Waals surface area contributed by atoms with Crippen molar-refractivity contribution in [2.24, 2.45) is 0 Å². The summed E-state index contributed by atoms with van der Waals surface area (Å²) in [6.45, 7) is 6.25. The number of H-pyrrole nitrogens is 1. The van der Waals surface area contributed by atoms with Gasteiger partial charge in [-0.3, -0.25) is 0 Å². The summed E-state index contributed by atoms with van der Waals surface area (Å²) in [6, 6.07) is 4.09. The lowest BCUT2D eigenvalue weighted by molar-refractivity contribution is 0.600. The SMILES string of the molecule is Cc1ccc(-c2cnc(C(C)C)[nH]2)c2ncoc12. The molecule has 0 aliphatic heterocycles. The molecule has 2 aromatic heterocycles. The summed E-state index contributed by atoms with van der Waals surface area (Å²) >= 11 is 0. The zero-order valence-corrected chi connectivity index (χ0v) is 10.7. The van der Waals surface area contributed by atoms with Crippen molar-refractivity contribution in [3.63, 3.8) is 0 Å². The van der Waals surface area contributed by atoms with Crippen LogP contribution in [0.25, 0.3) is 22.4 Å². The lowest BCUT2D eigenvalue weighted by Gasteiger charge is -2.01. The van der Waals surface area contributed by atoms with Crippen LogP contribution in [0, 0.1) is 6.92 Å². The van der Waals surface area contributed by atoms with Gasteiger partial charge < -0.3 is 9.40 Å². The fourth-order valence-corrected chi connectivity index (χ4v) is 2.06. The van der Waals surface area contributed by atoms with Crippen molar-refractivity contribution >= 4 is 11.1 Å². The number of fused-ring (bicyclic) bond motifs is 1. The van der Waals surface area contributed by atoms with Gasteiger partial charge in [0.05, 0.1) is 11.9 Å². The fraction of sp³-hybridized carbons (Fsp3) is 0.286. The Bertz CT molecular complexity index is 694. The van der Waals surface area contributed by atoms with Crippen LogP contribution in [0.4, 0.5) is 0 Å². The second-order valence-electron chi connectivity index (χ2n) is 4.80. The number of nitrogens with zero attached hydrogens (tertiary/aromatic N) is 2. The van der Waals surface area contributed by atoms with E-state index in [9.17, 15) is 0 Å². The van der Waals surface area contributed by atoms with E-state index in [1.165, 1.54) is 6.39 Å². The molecular formula is C14H15N3O. The van der Waals surface area contributed by atoms with Gasteiger partial charge in [0, 0.05) is 11.5 Å². The molecule has 0 bridgehead atoms. The van der Waals surface area contributed by atoms with E-state index in [1.54, 1.807) is 0 Å². The second kappa shape index (κ2) is 3.98. The van der Waals surface area contributed by atoms with Crippen LogP contribution in [-0.2, 0) is 0 Å². The molecule has 0 amide bonds. The lowest BCUT2D eigenvalue weighted by Crippen LogP contribution is -1.89. The minimum Gasteiger partial charge on any atom is -0.443 e. The number of hydrogen-bond donors (Lipinski definition) is 1.